The van der Waals surface area contributed by atoms with E-state index in [9.17, 15) is 5.11 Å². The zero-order valence-electron chi connectivity index (χ0n) is 14.2. The van der Waals surface area contributed by atoms with Crippen molar-refractivity contribution in [1.82, 2.24) is 10.2 Å². The molecule has 1 aromatic rings. The Morgan fingerprint density at radius 3 is 2.27 bits per heavy atom. The number of benzene rings is 1. The molecular weight excluding hydrogens is 275 g/mol. The van der Waals surface area contributed by atoms with E-state index in [0.717, 1.165) is 38.2 Å². The highest BCUT2D eigenvalue weighted by atomic mass is 16.5. The van der Waals surface area contributed by atoms with Gasteiger partial charge in [-0.1, -0.05) is 29.7 Å². The zero-order valence-corrected chi connectivity index (χ0v) is 14.2. The number of aliphatic hydroxyl groups is 1. The van der Waals surface area contributed by atoms with Gasteiger partial charge in [-0.15, -0.1) is 0 Å². The molecule has 1 heterocycles. The third-order valence-electron chi connectivity index (χ3n) is 4.56. The van der Waals surface area contributed by atoms with E-state index in [1.54, 1.807) is 21.3 Å². The molecule has 4 nitrogen and oxygen atoms in total. The lowest BCUT2D eigenvalue weighted by molar-refractivity contribution is -0.0893. The SMILES string of the molecule is CC(C)(O)C(C)(C)O[B]c1ccc(CN2CCNCC2)cc1. The fourth-order valence-electron chi connectivity index (χ4n) is 2.19. The van der Waals surface area contributed by atoms with Crippen LogP contribution in [-0.4, -0.2) is 54.9 Å². The first-order chi connectivity index (χ1) is 10.3. The van der Waals surface area contributed by atoms with Crippen LogP contribution in [0.25, 0.3) is 0 Å². The molecule has 1 radical (unpaired) electrons. The van der Waals surface area contributed by atoms with E-state index >= 15 is 0 Å². The van der Waals surface area contributed by atoms with Crippen LogP contribution < -0.4 is 10.8 Å². The zero-order chi connectivity index (χ0) is 16.2. The van der Waals surface area contributed by atoms with E-state index in [1.807, 2.05) is 13.8 Å². The highest BCUT2D eigenvalue weighted by molar-refractivity contribution is 6.47. The van der Waals surface area contributed by atoms with Gasteiger partial charge in [0.25, 0.3) is 0 Å². The van der Waals surface area contributed by atoms with Gasteiger partial charge in [-0.25, -0.2) is 0 Å². The lowest BCUT2D eigenvalue weighted by Gasteiger charge is -2.37. The van der Waals surface area contributed by atoms with Gasteiger partial charge in [-0.05, 0) is 33.3 Å². The molecule has 5 heteroatoms. The predicted molar refractivity (Wildman–Crippen MR) is 91.4 cm³/mol. The first-order valence-corrected chi connectivity index (χ1v) is 8.03. The first-order valence-electron chi connectivity index (χ1n) is 8.03. The van der Waals surface area contributed by atoms with Crippen LogP contribution in [-0.2, 0) is 11.2 Å². The molecule has 2 N–H and O–H groups in total. The largest absolute Gasteiger partial charge is 0.427 e. The first kappa shape index (κ1) is 17.5. The van der Waals surface area contributed by atoms with E-state index < -0.39 is 11.2 Å². The Labute approximate surface area is 135 Å². The Kier molecular flexibility index (Phi) is 5.67. The summed E-state index contributed by atoms with van der Waals surface area (Å²) in [6.45, 7) is 12.7. The minimum Gasteiger partial charge on any atom is -0.427 e. The third kappa shape index (κ3) is 4.81. The number of rotatable bonds is 6. The minimum absolute atomic E-state index is 0.632. The molecule has 0 aliphatic carbocycles. The fourth-order valence-corrected chi connectivity index (χ4v) is 2.19. The summed E-state index contributed by atoms with van der Waals surface area (Å²) in [5.74, 6) is 0. The second-order valence-corrected chi connectivity index (χ2v) is 7.07. The van der Waals surface area contributed by atoms with Gasteiger partial charge in [0, 0.05) is 32.7 Å². The van der Waals surface area contributed by atoms with Gasteiger partial charge >= 0.3 is 7.48 Å². The molecule has 0 spiro atoms. The van der Waals surface area contributed by atoms with Gasteiger partial charge in [0.2, 0.25) is 0 Å². The maximum absolute atomic E-state index is 10.1. The Morgan fingerprint density at radius 1 is 1.14 bits per heavy atom. The minimum atomic E-state index is -0.897. The second kappa shape index (κ2) is 7.13. The molecule has 121 valence electrons. The fraction of sp³-hybridized carbons (Fsp3) is 0.647. The molecule has 0 amide bonds. The molecule has 1 saturated heterocycles. The standard InChI is InChI=1S/C17H28BN2O2/c1-16(2,21)17(3,4)22-18-15-7-5-14(6-8-15)13-20-11-9-19-10-12-20/h5-8,19,21H,9-13H2,1-4H3. The summed E-state index contributed by atoms with van der Waals surface area (Å²) in [6, 6.07) is 8.43. The molecule has 1 aromatic carbocycles. The van der Waals surface area contributed by atoms with Crippen LogP contribution in [0, 0.1) is 0 Å². The van der Waals surface area contributed by atoms with Crippen molar-refractivity contribution in [2.24, 2.45) is 0 Å². The number of nitrogens with one attached hydrogen (secondary N) is 1. The summed E-state index contributed by atoms with van der Waals surface area (Å²) in [7, 11) is 1.73. The Hall–Kier alpha value is -0.875. The molecule has 22 heavy (non-hydrogen) atoms. The normalized spacial score (nSPS) is 17.5. The summed E-state index contributed by atoms with van der Waals surface area (Å²) in [5, 5.41) is 13.5. The van der Waals surface area contributed by atoms with Crippen molar-refractivity contribution in [2.75, 3.05) is 26.2 Å². The molecule has 1 aliphatic rings. The summed E-state index contributed by atoms with van der Waals surface area (Å²) < 4.78 is 5.78. The number of hydrogen-bond donors (Lipinski definition) is 2. The van der Waals surface area contributed by atoms with E-state index in [1.165, 1.54) is 5.56 Å². The average Bonchev–Trinajstić information content (AvgIpc) is 2.46. The molecule has 0 aromatic heterocycles. The van der Waals surface area contributed by atoms with Gasteiger partial charge in [-0.3, -0.25) is 4.90 Å². The highest BCUT2D eigenvalue weighted by Gasteiger charge is 2.35. The maximum atomic E-state index is 10.1. The van der Waals surface area contributed by atoms with Crippen LogP contribution in [0.4, 0.5) is 0 Å². The van der Waals surface area contributed by atoms with Crippen molar-refractivity contribution in [3.63, 3.8) is 0 Å². The van der Waals surface area contributed by atoms with Gasteiger partial charge in [0.1, 0.15) is 0 Å². The van der Waals surface area contributed by atoms with Gasteiger partial charge in [0.15, 0.2) is 0 Å². The Balaban J connectivity index is 1.86. The van der Waals surface area contributed by atoms with Crippen molar-refractivity contribution >= 4 is 12.9 Å². The molecular formula is C17H28BN2O2. The van der Waals surface area contributed by atoms with Gasteiger partial charge in [-0.2, -0.15) is 0 Å². The second-order valence-electron chi connectivity index (χ2n) is 7.07. The molecule has 0 atom stereocenters. The Morgan fingerprint density at radius 2 is 1.73 bits per heavy atom. The molecule has 2 rings (SSSR count). The molecule has 0 bridgehead atoms. The third-order valence-corrected chi connectivity index (χ3v) is 4.56. The van der Waals surface area contributed by atoms with E-state index in [4.69, 9.17) is 4.65 Å². The summed E-state index contributed by atoms with van der Waals surface area (Å²) in [4.78, 5) is 2.46. The molecule has 1 aliphatic heterocycles. The molecule has 1 fully saturated rings. The van der Waals surface area contributed by atoms with E-state index in [2.05, 4.69) is 34.5 Å². The quantitative estimate of drug-likeness (QED) is 0.767. The van der Waals surface area contributed by atoms with Crippen LogP contribution in [0.15, 0.2) is 24.3 Å². The van der Waals surface area contributed by atoms with Crippen molar-refractivity contribution < 1.29 is 9.76 Å². The van der Waals surface area contributed by atoms with Crippen molar-refractivity contribution in [3.8, 4) is 0 Å². The lowest BCUT2D eigenvalue weighted by Crippen LogP contribution is -2.49. The maximum Gasteiger partial charge on any atom is 0.330 e. The smallest absolute Gasteiger partial charge is 0.330 e. The predicted octanol–water partition coefficient (Wildman–Crippen LogP) is 0.902. The number of nitrogens with zero attached hydrogens (tertiary/aromatic N) is 1. The summed E-state index contributed by atoms with van der Waals surface area (Å²) >= 11 is 0. The monoisotopic (exact) mass is 303 g/mol. The summed E-state index contributed by atoms with van der Waals surface area (Å²) in [6.07, 6.45) is 0. The lowest BCUT2D eigenvalue weighted by atomic mass is 9.82. The molecule has 0 saturated carbocycles. The number of piperazine rings is 1. The van der Waals surface area contributed by atoms with Crippen molar-refractivity contribution in [2.45, 2.75) is 45.4 Å². The van der Waals surface area contributed by atoms with Crippen molar-refractivity contribution in [1.29, 1.82) is 0 Å². The van der Waals surface area contributed by atoms with Gasteiger partial charge < -0.3 is 15.1 Å². The van der Waals surface area contributed by atoms with Crippen LogP contribution >= 0.6 is 0 Å². The van der Waals surface area contributed by atoms with Crippen LogP contribution in [0.1, 0.15) is 33.3 Å². The van der Waals surface area contributed by atoms with Gasteiger partial charge in [0.05, 0.1) is 11.2 Å². The van der Waals surface area contributed by atoms with Crippen LogP contribution in [0.5, 0.6) is 0 Å². The van der Waals surface area contributed by atoms with E-state index in [0.29, 0.717) is 0 Å². The van der Waals surface area contributed by atoms with Crippen LogP contribution in [0.3, 0.4) is 0 Å². The Bertz CT molecular complexity index is 463. The molecule has 0 unspecified atom stereocenters. The van der Waals surface area contributed by atoms with Crippen LogP contribution in [0.2, 0.25) is 0 Å². The average molecular weight is 303 g/mol. The summed E-state index contributed by atoms with van der Waals surface area (Å²) in [5.41, 5.74) is 0.806. The number of hydrogen-bond acceptors (Lipinski definition) is 4. The highest BCUT2D eigenvalue weighted by Crippen LogP contribution is 2.24. The van der Waals surface area contributed by atoms with Crippen molar-refractivity contribution in [3.05, 3.63) is 29.8 Å². The van der Waals surface area contributed by atoms with E-state index in [-0.39, 0.29) is 0 Å². The topological polar surface area (TPSA) is 44.7 Å².